The molecule has 5 atom stereocenters. The van der Waals surface area contributed by atoms with Crippen LogP contribution in [-0.4, -0.2) is 116 Å². The number of nitrogens with two attached hydrogens (primary N) is 3. The average Bonchev–Trinajstić information content (AvgIpc) is 3.18. The first-order valence-corrected chi connectivity index (χ1v) is 18.5. The molecule has 0 saturated heterocycles. The number of guanidine groups is 1. The zero-order chi connectivity index (χ0) is 41.2. The molecule has 0 saturated carbocycles. The smallest absolute Gasteiger partial charge is 0.280 e. The fourth-order valence-electron chi connectivity index (χ4n) is 5.50. The van der Waals surface area contributed by atoms with Crippen LogP contribution in [0.25, 0.3) is 11.1 Å². The highest BCUT2D eigenvalue weighted by Gasteiger charge is 2.29. The van der Waals surface area contributed by atoms with Crippen LogP contribution in [0.2, 0.25) is 5.15 Å². The summed E-state index contributed by atoms with van der Waals surface area (Å²) in [6.45, 7) is -0.128. The fourth-order valence-corrected chi connectivity index (χ4v) is 5.62. The van der Waals surface area contributed by atoms with E-state index in [1.54, 1.807) is 0 Å². The summed E-state index contributed by atoms with van der Waals surface area (Å²) in [5, 5.41) is 66.9. The van der Waals surface area contributed by atoms with Gasteiger partial charge in [-0.2, -0.15) is 0 Å². The van der Waals surface area contributed by atoms with Gasteiger partial charge in [0.25, 0.3) is 5.91 Å². The lowest BCUT2D eigenvalue weighted by Crippen LogP contribution is -2.49. The van der Waals surface area contributed by atoms with E-state index in [2.05, 4.69) is 43.0 Å². The summed E-state index contributed by atoms with van der Waals surface area (Å²) in [5.74, 6) is -2.86. The number of carbonyl (C=O) groups excluding carboxylic acids is 3. The minimum atomic E-state index is -1.72. The van der Waals surface area contributed by atoms with Crippen molar-refractivity contribution in [2.24, 2.45) is 10.7 Å². The van der Waals surface area contributed by atoms with Gasteiger partial charge >= 0.3 is 0 Å². The number of aromatic nitrogens is 2. The third-order valence-corrected chi connectivity index (χ3v) is 9.07. The monoisotopic (exact) mass is 800 g/mol. The first-order chi connectivity index (χ1) is 26.7. The number of benzene rings is 2. The number of nitrogen functional groups attached to an aromatic ring is 2. The Morgan fingerprint density at radius 2 is 1.43 bits per heavy atom. The number of carboxylic acids is 1. The summed E-state index contributed by atoms with van der Waals surface area (Å²) in [6.07, 6.45) is -2.45. The Labute approximate surface area is 329 Å². The number of hydrogen-bond acceptors (Lipinski definition) is 15. The van der Waals surface area contributed by atoms with Crippen LogP contribution in [-0.2, 0) is 22.4 Å². The largest absolute Gasteiger partial charge is 0.548 e. The number of unbranched alkanes of at least 4 members (excludes halogenated alkanes) is 2. The maximum Gasteiger partial charge on any atom is 0.280 e. The number of halogens is 1. The van der Waals surface area contributed by atoms with Crippen molar-refractivity contribution in [2.75, 3.05) is 37.7 Å². The van der Waals surface area contributed by atoms with Crippen molar-refractivity contribution in [3.63, 3.8) is 0 Å². The van der Waals surface area contributed by atoms with Crippen LogP contribution in [0.1, 0.15) is 60.1 Å². The highest BCUT2D eigenvalue weighted by molar-refractivity contribution is 6.31. The number of aliphatic hydroxyl groups excluding tert-OH is 5. The van der Waals surface area contributed by atoms with Crippen LogP contribution in [0.5, 0.6) is 0 Å². The lowest BCUT2D eigenvalue weighted by Gasteiger charge is -2.25. The van der Waals surface area contributed by atoms with E-state index in [0.29, 0.717) is 32.4 Å². The van der Waals surface area contributed by atoms with Gasteiger partial charge in [0.1, 0.15) is 18.3 Å². The van der Waals surface area contributed by atoms with E-state index in [-0.39, 0.29) is 47.8 Å². The maximum atomic E-state index is 12.5. The summed E-state index contributed by atoms with van der Waals surface area (Å²) in [5.41, 5.74) is 20.9. The zero-order valence-corrected chi connectivity index (χ0v) is 31.6. The number of nitrogens with one attached hydrogen (secondary N) is 3. The minimum absolute atomic E-state index is 0.0848. The molecular weight excluding hydrogens is 750 g/mol. The van der Waals surface area contributed by atoms with Crippen LogP contribution in [0, 0.1) is 0 Å². The number of nitrogens with zero attached hydrogens (tertiary/aromatic N) is 3. The van der Waals surface area contributed by atoms with Crippen LogP contribution in [0.3, 0.4) is 0 Å². The first kappa shape index (κ1) is 45.4. The van der Waals surface area contributed by atoms with E-state index in [9.17, 15) is 39.9 Å². The molecule has 0 unspecified atom stereocenters. The Morgan fingerprint density at radius 3 is 2.04 bits per heavy atom. The standard InChI is InChI=1S/C37H52ClN9O9/c38-32-34(40)46-33(39)29(45-32)35(54)47-37(41)43-18-4-1-5-21-7-12-23(13-8-21)24-14-9-22(10-15-24)11-16-28(51)44-25(36(55)56)6-2-3-17-42-19-26(49)30(52)31(53)27(50)20-48/h7-10,12-15,25-27,30-31,42,48-50,52-53H,1-6,11,16-20H2,(H,44,51)(H,55,56)(H4,39,40,46)(H3,41,43,47,54)/p-1/t25-,26-,27+,30+,31+/m0/s1. The van der Waals surface area contributed by atoms with Crippen LogP contribution >= 0.6 is 11.6 Å². The molecule has 0 bridgehead atoms. The summed E-state index contributed by atoms with van der Waals surface area (Å²) >= 11 is 5.82. The number of aryl methyl sites for hydroxylation is 2. The van der Waals surface area contributed by atoms with Crippen molar-refractivity contribution in [2.45, 2.75) is 81.8 Å². The lowest BCUT2D eigenvalue weighted by atomic mass is 9.99. The third kappa shape index (κ3) is 14.9. The maximum absolute atomic E-state index is 12.5. The third-order valence-electron chi connectivity index (χ3n) is 8.79. The van der Waals surface area contributed by atoms with Gasteiger partial charge in [0.2, 0.25) is 5.91 Å². The van der Waals surface area contributed by atoms with Gasteiger partial charge in [-0.25, -0.2) is 9.97 Å². The van der Waals surface area contributed by atoms with Gasteiger partial charge in [-0.15, -0.1) is 0 Å². The molecule has 18 nitrogen and oxygen atoms in total. The van der Waals surface area contributed by atoms with E-state index in [4.69, 9.17) is 33.9 Å². The van der Waals surface area contributed by atoms with E-state index in [1.807, 2.05) is 36.4 Å². The molecule has 19 heteroatoms. The summed E-state index contributed by atoms with van der Waals surface area (Å²) < 4.78 is 0. The number of amides is 2. The number of aliphatic carboxylic acids is 1. The molecule has 2 amide bonds. The Balaban J connectivity index is 1.33. The van der Waals surface area contributed by atoms with Crippen molar-refractivity contribution >= 4 is 47.0 Å². The molecule has 1 aromatic heterocycles. The topological polar surface area (TPSA) is 328 Å². The molecule has 0 radical (unpaired) electrons. The predicted octanol–water partition coefficient (Wildman–Crippen LogP) is -1.61. The van der Waals surface area contributed by atoms with Crippen molar-refractivity contribution in [3.8, 4) is 11.1 Å². The van der Waals surface area contributed by atoms with Gasteiger partial charge in [0.15, 0.2) is 28.4 Å². The number of carbonyl (C=O) groups is 3. The molecule has 0 aliphatic heterocycles. The predicted molar refractivity (Wildman–Crippen MR) is 208 cm³/mol. The Morgan fingerprint density at radius 1 is 0.821 bits per heavy atom. The number of carboxylic acid groups (broad SMARTS) is 1. The molecular formula is C37H51ClN9O9-. The second kappa shape index (κ2) is 23.2. The molecule has 3 aromatic rings. The molecule has 1 heterocycles. The molecule has 56 heavy (non-hydrogen) atoms. The van der Waals surface area contributed by atoms with Gasteiger partial charge in [0, 0.05) is 19.5 Å². The van der Waals surface area contributed by atoms with Crippen LogP contribution < -0.4 is 38.3 Å². The summed E-state index contributed by atoms with van der Waals surface area (Å²) in [4.78, 5) is 48.3. The number of aliphatic imine (C=N–C) groups is 1. The van der Waals surface area contributed by atoms with Gasteiger partial charge in [0.05, 0.1) is 24.7 Å². The van der Waals surface area contributed by atoms with Crippen LogP contribution in [0.15, 0.2) is 53.5 Å². The van der Waals surface area contributed by atoms with Gasteiger partial charge < -0.3 is 63.3 Å². The molecule has 2 aromatic carbocycles. The molecule has 3 rings (SSSR count). The Hall–Kier alpha value is -4.95. The normalized spacial score (nSPS) is 14.4. The van der Waals surface area contributed by atoms with Crippen molar-refractivity contribution in [1.29, 1.82) is 0 Å². The SMILES string of the molecule is NC(=NCCCCc1ccc(-c2ccc(CCC(=O)N[C@@H](CCCCNC[C@H](O)[C@@H](O)[C@H](O)[C@H](O)CO)C(=O)[O-])cc2)cc1)NC(=O)c1nc(Cl)c(N)nc1N. The summed E-state index contributed by atoms with van der Waals surface area (Å²) in [7, 11) is 0. The van der Waals surface area contributed by atoms with E-state index in [1.165, 1.54) is 0 Å². The second-order valence-electron chi connectivity index (χ2n) is 13.1. The fraction of sp³-hybridized carbons (Fsp3) is 0.459. The summed E-state index contributed by atoms with van der Waals surface area (Å²) in [6, 6.07) is 14.8. The zero-order valence-electron chi connectivity index (χ0n) is 30.8. The van der Waals surface area contributed by atoms with E-state index >= 15 is 0 Å². The number of rotatable bonds is 23. The molecule has 0 aliphatic rings. The average molecular weight is 801 g/mol. The first-order valence-electron chi connectivity index (χ1n) is 18.1. The van der Waals surface area contributed by atoms with Crippen molar-refractivity contribution in [3.05, 3.63) is 70.5 Å². The lowest BCUT2D eigenvalue weighted by molar-refractivity contribution is -0.308. The Kier molecular flexibility index (Phi) is 18.8. The molecule has 0 spiro atoms. The quantitative estimate of drug-likeness (QED) is 0.0292. The second-order valence-corrected chi connectivity index (χ2v) is 13.5. The van der Waals surface area contributed by atoms with Gasteiger partial charge in [-0.1, -0.05) is 60.1 Å². The molecule has 306 valence electrons. The highest BCUT2D eigenvalue weighted by atomic mass is 35.5. The van der Waals surface area contributed by atoms with Crippen LogP contribution in [0.4, 0.5) is 11.6 Å². The number of hydrogen-bond donors (Lipinski definition) is 11. The van der Waals surface area contributed by atoms with E-state index < -0.39 is 54.8 Å². The Bertz CT molecular complexity index is 1750. The van der Waals surface area contributed by atoms with Gasteiger partial charge in [-0.3, -0.25) is 19.9 Å². The highest BCUT2D eigenvalue weighted by Crippen LogP contribution is 2.22. The molecule has 0 aliphatic carbocycles. The van der Waals surface area contributed by atoms with E-state index in [0.717, 1.165) is 41.5 Å². The van der Waals surface area contributed by atoms with Crippen molar-refractivity contribution in [1.82, 2.24) is 25.9 Å². The number of aliphatic hydroxyl groups is 5. The minimum Gasteiger partial charge on any atom is -0.548 e. The van der Waals surface area contributed by atoms with Crippen molar-refractivity contribution < 1.29 is 45.0 Å². The number of anilines is 2. The molecule has 14 N–H and O–H groups in total. The van der Waals surface area contributed by atoms with Gasteiger partial charge in [-0.05, 0) is 73.7 Å². The molecule has 0 fully saturated rings.